The Balaban J connectivity index is 1.31. The van der Waals surface area contributed by atoms with E-state index < -0.39 is 0 Å². The largest absolute Gasteiger partial charge is 0.342 e. The Morgan fingerprint density at radius 1 is 1.22 bits per heavy atom. The van der Waals surface area contributed by atoms with Crippen LogP contribution in [0.4, 0.5) is 0 Å². The topological polar surface area (TPSA) is 66.4 Å². The maximum atomic E-state index is 13.2. The van der Waals surface area contributed by atoms with Gasteiger partial charge >= 0.3 is 0 Å². The van der Waals surface area contributed by atoms with Gasteiger partial charge in [0, 0.05) is 38.3 Å². The lowest BCUT2D eigenvalue weighted by molar-refractivity contribution is -0.145. The molecule has 4 aliphatic rings. The third kappa shape index (κ3) is 3.13. The van der Waals surface area contributed by atoms with Crippen LogP contribution in [0.2, 0.25) is 0 Å². The van der Waals surface area contributed by atoms with Gasteiger partial charge in [-0.05, 0) is 57.8 Å². The number of hydrogen-bond acceptors (Lipinski definition) is 4. The summed E-state index contributed by atoms with van der Waals surface area (Å²) in [6.07, 6.45) is 9.28. The van der Waals surface area contributed by atoms with Gasteiger partial charge in [-0.25, -0.2) is 9.97 Å². The number of aromatic nitrogens is 2. The first-order chi connectivity index (χ1) is 13.1. The summed E-state index contributed by atoms with van der Waals surface area (Å²) in [5, 5.41) is 0. The van der Waals surface area contributed by atoms with Crippen LogP contribution < -0.4 is 0 Å². The van der Waals surface area contributed by atoms with E-state index >= 15 is 0 Å². The molecule has 0 N–H and O–H groups in total. The van der Waals surface area contributed by atoms with Gasteiger partial charge in [-0.2, -0.15) is 0 Å². The van der Waals surface area contributed by atoms with Crippen LogP contribution in [0.1, 0.15) is 72.7 Å². The summed E-state index contributed by atoms with van der Waals surface area (Å²) in [6, 6.07) is 0. The molecule has 1 aromatic heterocycles. The van der Waals surface area contributed by atoms with Crippen molar-refractivity contribution in [2.75, 3.05) is 26.2 Å². The molecule has 2 saturated heterocycles. The van der Waals surface area contributed by atoms with Gasteiger partial charge in [-0.3, -0.25) is 9.59 Å². The minimum atomic E-state index is -0.356. The van der Waals surface area contributed by atoms with Crippen LogP contribution >= 0.6 is 0 Å². The predicted octanol–water partition coefficient (Wildman–Crippen LogP) is 2.53. The highest BCUT2D eigenvalue weighted by atomic mass is 16.2. The van der Waals surface area contributed by atoms with Crippen LogP contribution in [-0.2, 0) is 4.79 Å². The Hall–Kier alpha value is -1.98. The molecule has 4 fully saturated rings. The highest BCUT2D eigenvalue weighted by Gasteiger charge is 2.50. The second-order valence-electron chi connectivity index (χ2n) is 9.06. The number of nitrogens with zero attached hydrogens (tertiary/aromatic N) is 4. The maximum absolute atomic E-state index is 13.2. The number of aryl methyl sites for hydroxylation is 1. The molecule has 2 aliphatic carbocycles. The highest BCUT2D eigenvalue weighted by molar-refractivity contribution is 5.96. The summed E-state index contributed by atoms with van der Waals surface area (Å²) in [5.41, 5.74) is 1.00. The Morgan fingerprint density at radius 3 is 2.74 bits per heavy atom. The average molecular weight is 368 g/mol. The van der Waals surface area contributed by atoms with Crippen molar-refractivity contribution in [3.05, 3.63) is 23.3 Å². The minimum Gasteiger partial charge on any atom is -0.342 e. The van der Waals surface area contributed by atoms with Crippen molar-refractivity contribution in [2.24, 2.45) is 11.3 Å². The minimum absolute atomic E-state index is 0.0150. The van der Waals surface area contributed by atoms with Gasteiger partial charge in [0.05, 0.1) is 16.7 Å². The van der Waals surface area contributed by atoms with E-state index in [0.717, 1.165) is 56.7 Å². The zero-order valence-corrected chi connectivity index (χ0v) is 16.1. The lowest BCUT2D eigenvalue weighted by Crippen LogP contribution is -2.51. The number of hydrogen-bond donors (Lipinski definition) is 0. The molecule has 5 rings (SSSR count). The fourth-order valence-corrected chi connectivity index (χ4v) is 4.77. The molecule has 6 nitrogen and oxygen atoms in total. The van der Waals surface area contributed by atoms with Crippen LogP contribution in [0, 0.1) is 18.3 Å². The van der Waals surface area contributed by atoms with Gasteiger partial charge < -0.3 is 9.80 Å². The molecule has 1 unspecified atom stereocenters. The number of likely N-dealkylation sites (tertiary alicyclic amines) is 2. The predicted molar refractivity (Wildman–Crippen MR) is 100 cm³/mol. The zero-order chi connectivity index (χ0) is 18.6. The maximum Gasteiger partial charge on any atom is 0.257 e. The molecule has 0 bridgehead atoms. The molecule has 0 aromatic carbocycles. The molecular formula is C21H28N4O2. The first-order valence-electron chi connectivity index (χ1n) is 10.5. The quantitative estimate of drug-likeness (QED) is 0.819. The summed E-state index contributed by atoms with van der Waals surface area (Å²) in [5.74, 6) is 2.35. The Labute approximate surface area is 160 Å². The van der Waals surface area contributed by atoms with Crippen molar-refractivity contribution in [1.29, 1.82) is 0 Å². The first-order valence-corrected chi connectivity index (χ1v) is 10.5. The van der Waals surface area contributed by atoms with E-state index in [1.807, 2.05) is 11.8 Å². The lowest BCUT2D eigenvalue weighted by atomic mass is 9.78. The molecule has 1 atom stereocenters. The van der Waals surface area contributed by atoms with E-state index in [1.165, 1.54) is 12.8 Å². The summed E-state index contributed by atoms with van der Waals surface area (Å²) < 4.78 is 0. The smallest absolute Gasteiger partial charge is 0.257 e. The van der Waals surface area contributed by atoms with Crippen molar-refractivity contribution in [1.82, 2.24) is 19.8 Å². The van der Waals surface area contributed by atoms with E-state index in [9.17, 15) is 9.59 Å². The van der Waals surface area contributed by atoms with Crippen molar-refractivity contribution >= 4 is 11.8 Å². The zero-order valence-electron chi connectivity index (χ0n) is 16.1. The Morgan fingerprint density at radius 2 is 2.04 bits per heavy atom. The molecule has 27 heavy (non-hydrogen) atoms. The average Bonchev–Trinajstić information content (AvgIpc) is 3.58. The van der Waals surface area contributed by atoms with Crippen molar-refractivity contribution in [3.63, 3.8) is 0 Å². The third-order valence-electron chi connectivity index (χ3n) is 6.81. The molecular weight excluding hydrogens is 340 g/mol. The van der Waals surface area contributed by atoms with E-state index in [0.29, 0.717) is 30.5 Å². The third-order valence-corrected chi connectivity index (χ3v) is 6.81. The van der Waals surface area contributed by atoms with Crippen LogP contribution in [0.5, 0.6) is 0 Å². The molecule has 0 radical (unpaired) electrons. The number of amides is 2. The van der Waals surface area contributed by atoms with Crippen LogP contribution in [0.25, 0.3) is 0 Å². The second-order valence-corrected chi connectivity index (χ2v) is 9.06. The van der Waals surface area contributed by atoms with Crippen molar-refractivity contribution in [2.45, 2.75) is 57.8 Å². The normalized spacial score (nSPS) is 28.3. The first kappa shape index (κ1) is 17.1. The molecule has 144 valence electrons. The Bertz CT molecular complexity index is 786. The standard InChI is InChI=1S/C21H28N4O2/c1-14-17(11-22-18(23-14)16-5-6-16)19(26)25-10-8-21(13-25)7-2-9-24(20(21)27)12-15-3-4-15/h11,15-16H,2-10,12-13H2,1H3. The fourth-order valence-electron chi connectivity index (χ4n) is 4.77. The monoisotopic (exact) mass is 368 g/mol. The number of piperidine rings is 1. The molecule has 2 amide bonds. The molecule has 1 aromatic rings. The van der Waals surface area contributed by atoms with Gasteiger partial charge in [-0.15, -0.1) is 0 Å². The fraction of sp³-hybridized carbons (Fsp3) is 0.714. The molecule has 1 spiro atoms. The highest BCUT2D eigenvalue weighted by Crippen LogP contribution is 2.42. The van der Waals surface area contributed by atoms with Gasteiger partial charge in [0.15, 0.2) is 0 Å². The molecule has 3 heterocycles. The number of carbonyl (C=O) groups is 2. The molecule has 2 saturated carbocycles. The molecule has 6 heteroatoms. The van der Waals surface area contributed by atoms with Gasteiger partial charge in [0.25, 0.3) is 5.91 Å². The SMILES string of the molecule is Cc1nc(C2CC2)ncc1C(=O)N1CCC2(CCCN(CC3CC3)C2=O)C1. The molecule has 2 aliphatic heterocycles. The number of rotatable bonds is 4. The van der Waals surface area contributed by atoms with Crippen molar-refractivity contribution in [3.8, 4) is 0 Å². The summed E-state index contributed by atoms with van der Waals surface area (Å²) in [7, 11) is 0. The van der Waals surface area contributed by atoms with Crippen molar-refractivity contribution < 1.29 is 9.59 Å². The van der Waals surface area contributed by atoms with Gasteiger partial charge in [0.2, 0.25) is 5.91 Å². The van der Waals surface area contributed by atoms with Crippen LogP contribution in [0.3, 0.4) is 0 Å². The van der Waals surface area contributed by atoms with E-state index in [1.54, 1.807) is 6.20 Å². The van der Waals surface area contributed by atoms with Gasteiger partial charge in [0.1, 0.15) is 5.82 Å². The lowest BCUT2D eigenvalue weighted by Gasteiger charge is -2.39. The summed E-state index contributed by atoms with van der Waals surface area (Å²) in [4.78, 5) is 39.2. The van der Waals surface area contributed by atoms with Gasteiger partial charge in [-0.1, -0.05) is 0 Å². The van der Waals surface area contributed by atoms with E-state index in [-0.39, 0.29) is 17.2 Å². The van der Waals surface area contributed by atoms with Crippen LogP contribution in [0.15, 0.2) is 6.20 Å². The summed E-state index contributed by atoms with van der Waals surface area (Å²) in [6.45, 7) is 4.92. The number of carbonyl (C=O) groups excluding carboxylic acids is 2. The van der Waals surface area contributed by atoms with E-state index in [2.05, 4.69) is 14.9 Å². The summed E-state index contributed by atoms with van der Waals surface area (Å²) >= 11 is 0. The second kappa shape index (κ2) is 6.28. The Kier molecular flexibility index (Phi) is 3.99. The van der Waals surface area contributed by atoms with E-state index in [4.69, 9.17) is 0 Å². The van der Waals surface area contributed by atoms with Crippen LogP contribution in [-0.4, -0.2) is 57.8 Å².